The first kappa shape index (κ1) is 16.8. The highest BCUT2D eigenvalue weighted by Gasteiger charge is 2.23. The van der Waals surface area contributed by atoms with Crippen LogP contribution in [0.3, 0.4) is 0 Å². The number of hydrogen-bond donors (Lipinski definition) is 1. The standard InChI is InChI=1S/C17H17ClN2O3S/c1-12-7-8-13(18)10-16(12)24(22,23)19-14-4-2-5-15(11-14)20-9-3-6-17(20)21/h2,4-5,7-8,10-11,19H,3,6,9H2,1H3. The molecule has 0 radical (unpaired) electrons. The van der Waals surface area contributed by atoms with Crippen molar-refractivity contribution in [2.75, 3.05) is 16.2 Å². The number of sulfonamides is 1. The normalized spacial score (nSPS) is 14.9. The van der Waals surface area contributed by atoms with Gasteiger partial charge in [-0.15, -0.1) is 0 Å². The van der Waals surface area contributed by atoms with Gasteiger partial charge in [-0.1, -0.05) is 23.7 Å². The van der Waals surface area contributed by atoms with Crippen LogP contribution in [0.5, 0.6) is 0 Å². The summed E-state index contributed by atoms with van der Waals surface area (Å²) in [5.74, 6) is 0.0562. The first-order valence-corrected chi connectivity index (χ1v) is 9.42. The maximum atomic E-state index is 12.6. The highest BCUT2D eigenvalue weighted by atomic mass is 35.5. The minimum absolute atomic E-state index is 0.0562. The van der Waals surface area contributed by atoms with Crippen molar-refractivity contribution in [3.05, 3.63) is 53.1 Å². The summed E-state index contributed by atoms with van der Waals surface area (Å²) < 4.78 is 27.8. The fourth-order valence-corrected chi connectivity index (χ4v) is 4.29. The number of rotatable bonds is 4. The van der Waals surface area contributed by atoms with Crippen molar-refractivity contribution in [2.45, 2.75) is 24.7 Å². The Labute approximate surface area is 146 Å². The summed E-state index contributed by atoms with van der Waals surface area (Å²) >= 11 is 5.92. The minimum atomic E-state index is -3.76. The average molecular weight is 365 g/mol. The van der Waals surface area contributed by atoms with Crippen LogP contribution in [0.25, 0.3) is 0 Å². The van der Waals surface area contributed by atoms with E-state index in [-0.39, 0.29) is 10.8 Å². The van der Waals surface area contributed by atoms with E-state index in [2.05, 4.69) is 4.72 Å². The van der Waals surface area contributed by atoms with Crippen molar-refractivity contribution in [1.29, 1.82) is 0 Å². The molecule has 24 heavy (non-hydrogen) atoms. The molecule has 1 N–H and O–H groups in total. The Kier molecular flexibility index (Phi) is 4.51. The molecule has 1 fully saturated rings. The molecule has 0 bridgehead atoms. The molecule has 0 aliphatic carbocycles. The number of carbonyl (C=O) groups excluding carboxylic acids is 1. The summed E-state index contributed by atoms with van der Waals surface area (Å²) in [5, 5.41) is 0.359. The predicted octanol–water partition coefficient (Wildman–Crippen LogP) is 3.58. The van der Waals surface area contributed by atoms with Gasteiger partial charge in [0.2, 0.25) is 5.91 Å². The number of halogens is 1. The van der Waals surface area contributed by atoms with Crippen LogP contribution in [0, 0.1) is 6.92 Å². The molecular weight excluding hydrogens is 348 g/mol. The van der Waals surface area contributed by atoms with E-state index < -0.39 is 10.0 Å². The molecule has 0 unspecified atom stereocenters. The van der Waals surface area contributed by atoms with Crippen LogP contribution in [-0.4, -0.2) is 20.9 Å². The Bertz CT molecular complexity index is 896. The molecular formula is C17H17ClN2O3S. The number of benzene rings is 2. The zero-order valence-electron chi connectivity index (χ0n) is 13.1. The fraction of sp³-hybridized carbons (Fsp3) is 0.235. The lowest BCUT2D eigenvalue weighted by Gasteiger charge is -2.17. The molecule has 2 aromatic carbocycles. The Hall–Kier alpha value is -2.05. The average Bonchev–Trinajstić information content (AvgIpc) is 2.95. The van der Waals surface area contributed by atoms with E-state index in [9.17, 15) is 13.2 Å². The van der Waals surface area contributed by atoms with E-state index in [1.165, 1.54) is 6.07 Å². The predicted molar refractivity (Wildman–Crippen MR) is 95.0 cm³/mol. The first-order chi connectivity index (χ1) is 11.4. The summed E-state index contributed by atoms with van der Waals surface area (Å²) in [5.41, 5.74) is 1.71. The maximum absolute atomic E-state index is 12.6. The van der Waals surface area contributed by atoms with E-state index >= 15 is 0 Å². The van der Waals surface area contributed by atoms with E-state index in [1.54, 1.807) is 48.2 Å². The molecule has 126 valence electrons. The van der Waals surface area contributed by atoms with Crippen molar-refractivity contribution >= 4 is 38.9 Å². The molecule has 0 aromatic heterocycles. The topological polar surface area (TPSA) is 66.5 Å². The van der Waals surface area contributed by atoms with Gasteiger partial charge in [0.1, 0.15) is 0 Å². The largest absolute Gasteiger partial charge is 0.312 e. The molecule has 1 heterocycles. The smallest absolute Gasteiger partial charge is 0.262 e. The third-order valence-corrected chi connectivity index (χ3v) is 5.68. The van der Waals surface area contributed by atoms with Crippen molar-refractivity contribution in [1.82, 2.24) is 0 Å². The Morgan fingerprint density at radius 3 is 2.67 bits per heavy atom. The number of hydrogen-bond acceptors (Lipinski definition) is 3. The highest BCUT2D eigenvalue weighted by Crippen LogP contribution is 2.27. The van der Waals surface area contributed by atoms with Crippen LogP contribution in [0.2, 0.25) is 5.02 Å². The first-order valence-electron chi connectivity index (χ1n) is 7.56. The van der Waals surface area contributed by atoms with Crippen LogP contribution in [-0.2, 0) is 14.8 Å². The van der Waals surface area contributed by atoms with Crippen LogP contribution in [0.4, 0.5) is 11.4 Å². The second-order valence-electron chi connectivity index (χ2n) is 5.71. The van der Waals surface area contributed by atoms with Crippen LogP contribution in [0.1, 0.15) is 18.4 Å². The third kappa shape index (κ3) is 3.39. The molecule has 0 atom stereocenters. The molecule has 0 saturated carbocycles. The summed E-state index contributed by atoms with van der Waals surface area (Å²) in [6, 6.07) is 11.6. The second kappa shape index (κ2) is 6.45. The van der Waals surface area contributed by atoms with Crippen LogP contribution < -0.4 is 9.62 Å². The molecule has 5 nitrogen and oxygen atoms in total. The molecule has 0 spiro atoms. The Balaban J connectivity index is 1.90. The number of amides is 1. The van der Waals surface area contributed by atoms with Gasteiger partial charge in [0.25, 0.3) is 10.0 Å². The summed E-state index contributed by atoms with van der Waals surface area (Å²) in [4.78, 5) is 13.7. The van der Waals surface area contributed by atoms with Gasteiger partial charge in [0.05, 0.1) is 10.6 Å². The molecule has 1 aliphatic heterocycles. The van der Waals surface area contributed by atoms with Gasteiger partial charge in [0.15, 0.2) is 0 Å². The highest BCUT2D eigenvalue weighted by molar-refractivity contribution is 7.92. The van der Waals surface area contributed by atoms with Gasteiger partial charge in [0, 0.05) is 23.7 Å². The molecule has 1 aliphatic rings. The van der Waals surface area contributed by atoms with E-state index in [0.29, 0.717) is 34.9 Å². The van der Waals surface area contributed by atoms with Gasteiger partial charge in [-0.2, -0.15) is 0 Å². The Morgan fingerprint density at radius 1 is 1.17 bits per heavy atom. The van der Waals surface area contributed by atoms with Crippen LogP contribution in [0.15, 0.2) is 47.4 Å². The molecule has 3 rings (SSSR count). The van der Waals surface area contributed by atoms with Crippen molar-refractivity contribution < 1.29 is 13.2 Å². The van der Waals surface area contributed by atoms with E-state index in [4.69, 9.17) is 11.6 Å². The number of nitrogens with one attached hydrogen (secondary N) is 1. The SMILES string of the molecule is Cc1ccc(Cl)cc1S(=O)(=O)Nc1cccc(N2CCCC2=O)c1. The number of anilines is 2. The zero-order chi connectivity index (χ0) is 17.3. The van der Waals surface area contributed by atoms with Gasteiger partial charge < -0.3 is 4.90 Å². The summed E-state index contributed by atoms with van der Waals surface area (Å²) in [7, 11) is -3.76. The van der Waals surface area contributed by atoms with Crippen LogP contribution >= 0.6 is 11.6 Å². The maximum Gasteiger partial charge on any atom is 0.262 e. The van der Waals surface area contributed by atoms with Gasteiger partial charge in [-0.3, -0.25) is 9.52 Å². The monoisotopic (exact) mass is 364 g/mol. The zero-order valence-corrected chi connectivity index (χ0v) is 14.7. The van der Waals surface area contributed by atoms with Crippen molar-refractivity contribution in [3.63, 3.8) is 0 Å². The lowest BCUT2D eigenvalue weighted by Crippen LogP contribution is -2.23. The molecule has 1 amide bonds. The molecule has 7 heteroatoms. The molecule has 2 aromatic rings. The lowest BCUT2D eigenvalue weighted by atomic mass is 10.2. The second-order valence-corrected chi connectivity index (χ2v) is 7.80. The number of aryl methyl sites for hydroxylation is 1. The lowest BCUT2D eigenvalue weighted by molar-refractivity contribution is -0.117. The quantitative estimate of drug-likeness (QED) is 0.901. The van der Waals surface area contributed by atoms with Gasteiger partial charge in [-0.25, -0.2) is 8.42 Å². The fourth-order valence-electron chi connectivity index (χ4n) is 2.73. The Morgan fingerprint density at radius 2 is 1.96 bits per heavy atom. The van der Waals surface area contributed by atoms with E-state index in [0.717, 1.165) is 6.42 Å². The minimum Gasteiger partial charge on any atom is -0.312 e. The number of carbonyl (C=O) groups is 1. The molecule has 1 saturated heterocycles. The van der Waals surface area contributed by atoms with Crippen molar-refractivity contribution in [3.8, 4) is 0 Å². The van der Waals surface area contributed by atoms with Gasteiger partial charge >= 0.3 is 0 Å². The summed E-state index contributed by atoms with van der Waals surface area (Å²) in [6.45, 7) is 2.37. The van der Waals surface area contributed by atoms with Crippen molar-refractivity contribution in [2.24, 2.45) is 0 Å². The third-order valence-electron chi connectivity index (χ3n) is 3.92. The van der Waals surface area contributed by atoms with Gasteiger partial charge in [-0.05, 0) is 49.2 Å². The van der Waals surface area contributed by atoms with E-state index in [1.807, 2.05) is 0 Å². The number of nitrogens with zero attached hydrogens (tertiary/aromatic N) is 1. The summed E-state index contributed by atoms with van der Waals surface area (Å²) in [6.07, 6.45) is 1.34.